The number of hydrogen-bond acceptors (Lipinski definition) is 3. The minimum atomic E-state index is -0.122. The molecular weight excluding hydrogens is 244 g/mol. The van der Waals surface area contributed by atoms with Crippen LogP contribution in [-0.2, 0) is 4.79 Å². The van der Waals surface area contributed by atoms with Crippen LogP contribution in [0, 0.1) is 0 Å². The van der Waals surface area contributed by atoms with Crippen LogP contribution in [0.25, 0.3) is 0 Å². The van der Waals surface area contributed by atoms with Crippen LogP contribution in [0.2, 0.25) is 0 Å². The number of benzene rings is 1. The fourth-order valence-corrected chi connectivity index (χ4v) is 1.59. The van der Waals surface area contributed by atoms with Crippen molar-refractivity contribution in [3.05, 3.63) is 29.8 Å². The Kier molecular flexibility index (Phi) is 6.60. The summed E-state index contributed by atoms with van der Waals surface area (Å²) in [6.45, 7) is 2.55. The molecule has 1 aromatic carbocycles. The highest BCUT2D eigenvalue weighted by atomic mass is 16.3. The highest BCUT2D eigenvalue weighted by Crippen LogP contribution is 2.10. The minimum absolute atomic E-state index is 0.0841. The highest BCUT2D eigenvalue weighted by molar-refractivity contribution is 5.95. The zero-order chi connectivity index (χ0) is 14.1. The van der Waals surface area contributed by atoms with Crippen LogP contribution >= 0.6 is 0 Å². The van der Waals surface area contributed by atoms with Crippen molar-refractivity contribution in [1.29, 1.82) is 0 Å². The third-order valence-corrected chi connectivity index (χ3v) is 2.58. The average molecular weight is 264 g/mol. The minimum Gasteiger partial charge on any atom is -0.396 e. The van der Waals surface area contributed by atoms with Gasteiger partial charge in [-0.05, 0) is 44.0 Å². The van der Waals surface area contributed by atoms with E-state index in [2.05, 4.69) is 10.6 Å². The molecule has 5 nitrogen and oxygen atoms in total. The summed E-state index contributed by atoms with van der Waals surface area (Å²) < 4.78 is 0. The van der Waals surface area contributed by atoms with Gasteiger partial charge in [-0.25, -0.2) is 0 Å². The van der Waals surface area contributed by atoms with Gasteiger partial charge in [0.2, 0.25) is 5.91 Å². The first-order valence-electron chi connectivity index (χ1n) is 6.46. The van der Waals surface area contributed by atoms with Crippen LogP contribution in [0.1, 0.15) is 36.5 Å². The molecule has 0 heterocycles. The number of aliphatic hydroxyl groups is 1. The summed E-state index contributed by atoms with van der Waals surface area (Å²) in [5.74, 6) is -0.206. The quantitative estimate of drug-likeness (QED) is 0.654. The van der Waals surface area contributed by atoms with Crippen LogP contribution in [0.15, 0.2) is 24.3 Å². The maximum Gasteiger partial charge on any atom is 0.251 e. The number of anilines is 1. The van der Waals surface area contributed by atoms with E-state index in [-0.39, 0.29) is 18.4 Å². The monoisotopic (exact) mass is 264 g/mol. The molecule has 0 aliphatic rings. The Hall–Kier alpha value is -1.88. The van der Waals surface area contributed by atoms with Gasteiger partial charge in [0, 0.05) is 30.8 Å². The van der Waals surface area contributed by atoms with Gasteiger partial charge in [0.05, 0.1) is 0 Å². The lowest BCUT2D eigenvalue weighted by atomic mass is 10.2. The molecule has 0 radical (unpaired) electrons. The van der Waals surface area contributed by atoms with E-state index in [4.69, 9.17) is 5.11 Å². The van der Waals surface area contributed by atoms with Crippen LogP contribution in [0.5, 0.6) is 0 Å². The summed E-state index contributed by atoms with van der Waals surface area (Å²) in [4.78, 5) is 23.1. The number of nitrogens with one attached hydrogen (secondary N) is 2. The van der Waals surface area contributed by atoms with Gasteiger partial charge in [-0.15, -0.1) is 0 Å². The molecule has 0 unspecified atom stereocenters. The van der Waals surface area contributed by atoms with Gasteiger partial charge in [0.1, 0.15) is 0 Å². The summed E-state index contributed by atoms with van der Waals surface area (Å²) in [7, 11) is 0. The molecule has 1 rings (SSSR count). The second-order valence-electron chi connectivity index (χ2n) is 4.17. The summed E-state index contributed by atoms with van der Waals surface area (Å²) >= 11 is 0. The number of unbranched alkanes of at least 4 members (excludes halogenated alkanes) is 1. The second-order valence-corrected chi connectivity index (χ2v) is 4.17. The number of amides is 2. The fraction of sp³-hybridized carbons (Fsp3) is 0.429. The predicted molar refractivity (Wildman–Crippen MR) is 74.0 cm³/mol. The van der Waals surface area contributed by atoms with Gasteiger partial charge >= 0.3 is 0 Å². The van der Waals surface area contributed by atoms with Crippen molar-refractivity contribution in [3.8, 4) is 0 Å². The number of aliphatic hydroxyl groups excluding tert-OH is 1. The maximum absolute atomic E-state index is 11.5. The van der Waals surface area contributed by atoms with Crippen molar-refractivity contribution in [2.24, 2.45) is 0 Å². The Morgan fingerprint density at radius 2 is 1.84 bits per heavy atom. The van der Waals surface area contributed by atoms with E-state index in [1.54, 1.807) is 24.3 Å². The summed E-state index contributed by atoms with van der Waals surface area (Å²) in [6, 6.07) is 6.76. The molecule has 0 fully saturated rings. The Labute approximate surface area is 113 Å². The summed E-state index contributed by atoms with van der Waals surface area (Å²) in [5, 5.41) is 14.1. The number of carbonyl (C=O) groups excluding carboxylic acids is 2. The molecule has 5 heteroatoms. The number of carbonyl (C=O) groups is 2. The van der Waals surface area contributed by atoms with Crippen LogP contribution in [-0.4, -0.2) is 30.1 Å². The Morgan fingerprint density at radius 1 is 1.16 bits per heavy atom. The van der Waals surface area contributed by atoms with Crippen LogP contribution in [0.3, 0.4) is 0 Å². The fourth-order valence-electron chi connectivity index (χ4n) is 1.59. The smallest absolute Gasteiger partial charge is 0.251 e. The van der Waals surface area contributed by atoms with Crippen molar-refractivity contribution in [2.75, 3.05) is 18.5 Å². The predicted octanol–water partition coefficient (Wildman–Crippen LogP) is 1.54. The number of hydrogen-bond donors (Lipinski definition) is 3. The Bertz CT molecular complexity index is 415. The molecule has 0 aliphatic heterocycles. The highest BCUT2D eigenvalue weighted by Gasteiger charge is 2.05. The van der Waals surface area contributed by atoms with E-state index < -0.39 is 0 Å². The van der Waals surface area contributed by atoms with Crippen molar-refractivity contribution in [2.45, 2.75) is 26.2 Å². The number of rotatable bonds is 7. The molecular formula is C14H20N2O3. The van der Waals surface area contributed by atoms with Crippen molar-refractivity contribution >= 4 is 17.5 Å². The molecule has 19 heavy (non-hydrogen) atoms. The second kappa shape index (κ2) is 8.26. The summed E-state index contributed by atoms with van der Waals surface area (Å²) in [6.07, 6.45) is 1.68. The topological polar surface area (TPSA) is 78.4 Å². The van der Waals surface area contributed by atoms with E-state index >= 15 is 0 Å². The molecule has 0 aliphatic carbocycles. The molecule has 0 bridgehead atoms. The molecule has 0 atom stereocenters. The van der Waals surface area contributed by atoms with Crippen molar-refractivity contribution in [3.63, 3.8) is 0 Å². The lowest BCUT2D eigenvalue weighted by molar-refractivity contribution is -0.116. The SMILES string of the molecule is CCNC(=O)c1ccc(NC(=O)CCCCO)cc1. The first-order valence-corrected chi connectivity index (χ1v) is 6.46. The molecule has 104 valence electrons. The zero-order valence-corrected chi connectivity index (χ0v) is 11.1. The largest absolute Gasteiger partial charge is 0.396 e. The first-order chi connectivity index (χ1) is 9.17. The van der Waals surface area contributed by atoms with Gasteiger partial charge in [0.25, 0.3) is 5.91 Å². The third kappa shape index (κ3) is 5.52. The molecule has 0 saturated heterocycles. The van der Waals surface area contributed by atoms with Gasteiger partial charge in [0.15, 0.2) is 0 Å². The van der Waals surface area contributed by atoms with E-state index in [0.717, 1.165) is 0 Å². The molecule has 2 amide bonds. The Balaban J connectivity index is 2.47. The molecule has 3 N–H and O–H groups in total. The molecule has 0 saturated carbocycles. The normalized spacial score (nSPS) is 10.0. The third-order valence-electron chi connectivity index (χ3n) is 2.58. The van der Waals surface area contributed by atoms with Gasteiger partial charge < -0.3 is 15.7 Å². The molecule has 0 spiro atoms. The molecule has 1 aromatic rings. The average Bonchev–Trinajstić information content (AvgIpc) is 2.40. The van der Waals surface area contributed by atoms with E-state index in [0.29, 0.717) is 37.1 Å². The molecule has 0 aromatic heterocycles. The lowest BCUT2D eigenvalue weighted by Gasteiger charge is -2.06. The first kappa shape index (κ1) is 15.2. The Morgan fingerprint density at radius 3 is 2.42 bits per heavy atom. The van der Waals surface area contributed by atoms with E-state index in [1.165, 1.54) is 0 Å². The van der Waals surface area contributed by atoms with Crippen molar-refractivity contribution in [1.82, 2.24) is 5.32 Å². The van der Waals surface area contributed by atoms with Gasteiger partial charge in [-0.2, -0.15) is 0 Å². The van der Waals surface area contributed by atoms with Gasteiger partial charge in [-0.1, -0.05) is 0 Å². The zero-order valence-electron chi connectivity index (χ0n) is 11.1. The standard InChI is InChI=1S/C14H20N2O3/c1-2-15-14(19)11-6-8-12(9-7-11)16-13(18)5-3-4-10-17/h6-9,17H,2-5,10H2,1H3,(H,15,19)(H,16,18). The van der Waals surface area contributed by atoms with Gasteiger partial charge in [-0.3, -0.25) is 9.59 Å². The van der Waals surface area contributed by atoms with Crippen LogP contribution in [0.4, 0.5) is 5.69 Å². The maximum atomic E-state index is 11.5. The van der Waals surface area contributed by atoms with E-state index in [9.17, 15) is 9.59 Å². The van der Waals surface area contributed by atoms with Crippen LogP contribution < -0.4 is 10.6 Å². The van der Waals surface area contributed by atoms with Crippen molar-refractivity contribution < 1.29 is 14.7 Å². The lowest BCUT2D eigenvalue weighted by Crippen LogP contribution is -2.22. The van der Waals surface area contributed by atoms with E-state index in [1.807, 2.05) is 6.92 Å². The summed E-state index contributed by atoms with van der Waals surface area (Å²) in [5.41, 5.74) is 1.24.